The van der Waals surface area contributed by atoms with Crippen molar-refractivity contribution in [3.63, 3.8) is 0 Å². The van der Waals surface area contributed by atoms with Crippen LogP contribution >= 0.6 is 0 Å². The summed E-state index contributed by atoms with van der Waals surface area (Å²) in [7, 11) is 0. The number of allylic oxidation sites excluding steroid dienone is 5. The molecule has 0 saturated heterocycles. The Labute approximate surface area is 170 Å². The molecule has 0 aromatic carbocycles. The molecule has 0 saturated carbocycles. The number of aliphatic hydroxyl groups is 5. The predicted octanol–water partition coefficient (Wildman–Crippen LogP) is -0.739. The van der Waals surface area contributed by atoms with Gasteiger partial charge in [0.2, 0.25) is 0 Å². The van der Waals surface area contributed by atoms with E-state index in [2.05, 4.69) is 6.58 Å². The van der Waals surface area contributed by atoms with Crippen molar-refractivity contribution in [1.29, 1.82) is 0 Å². The first kappa shape index (κ1) is 21.5. The van der Waals surface area contributed by atoms with Crippen molar-refractivity contribution in [2.45, 2.75) is 31.1 Å². The van der Waals surface area contributed by atoms with Crippen molar-refractivity contribution in [1.82, 2.24) is 0 Å². The van der Waals surface area contributed by atoms with Crippen LogP contribution < -0.4 is 11.5 Å². The summed E-state index contributed by atoms with van der Waals surface area (Å²) in [5, 5.41) is 54.3. The average molecular weight is 418 g/mol. The topological polar surface area (TPSA) is 204 Å². The fourth-order valence-corrected chi connectivity index (χ4v) is 4.65. The highest BCUT2D eigenvalue weighted by Crippen LogP contribution is 2.53. The molecule has 30 heavy (non-hydrogen) atoms. The molecule has 3 aliphatic carbocycles. The van der Waals surface area contributed by atoms with Crippen LogP contribution in [0.2, 0.25) is 0 Å². The van der Waals surface area contributed by atoms with E-state index in [1.165, 1.54) is 19.1 Å². The van der Waals surface area contributed by atoms with Gasteiger partial charge in [-0.05, 0) is 18.9 Å². The molecule has 1 amide bonds. The van der Waals surface area contributed by atoms with Crippen LogP contribution in [0, 0.1) is 11.8 Å². The van der Waals surface area contributed by atoms with Gasteiger partial charge in [-0.2, -0.15) is 0 Å². The van der Waals surface area contributed by atoms with Gasteiger partial charge in [-0.1, -0.05) is 18.7 Å². The fourth-order valence-electron chi connectivity index (χ4n) is 4.65. The molecule has 0 heterocycles. The Hall–Kier alpha value is -3.21. The summed E-state index contributed by atoms with van der Waals surface area (Å²) in [6, 6.07) is -1.70. The van der Waals surface area contributed by atoms with E-state index >= 15 is 0 Å². The summed E-state index contributed by atoms with van der Waals surface area (Å²) < 4.78 is 0. The number of hydrogen-bond donors (Lipinski definition) is 7. The van der Waals surface area contributed by atoms with Gasteiger partial charge in [0.05, 0.1) is 23.6 Å². The Morgan fingerprint density at radius 3 is 2.30 bits per heavy atom. The first-order valence-electron chi connectivity index (χ1n) is 9.05. The van der Waals surface area contributed by atoms with Crippen LogP contribution in [-0.4, -0.2) is 60.8 Å². The van der Waals surface area contributed by atoms with Crippen molar-refractivity contribution in [3.8, 4) is 0 Å². The van der Waals surface area contributed by atoms with Gasteiger partial charge in [-0.25, -0.2) is 0 Å². The van der Waals surface area contributed by atoms with E-state index in [9.17, 15) is 39.9 Å². The van der Waals surface area contributed by atoms with Gasteiger partial charge in [0.25, 0.3) is 5.91 Å². The van der Waals surface area contributed by atoms with E-state index in [0.717, 1.165) is 0 Å². The second kappa shape index (κ2) is 6.94. The minimum atomic E-state index is -2.88. The van der Waals surface area contributed by atoms with Gasteiger partial charge >= 0.3 is 0 Å². The number of Topliss-reactive ketones (excluding diaryl/α,β-unsaturated/α-hetero) is 2. The predicted molar refractivity (Wildman–Crippen MR) is 103 cm³/mol. The highest BCUT2D eigenvalue weighted by molar-refractivity contribution is 6.22. The second-order valence-electron chi connectivity index (χ2n) is 7.54. The molecule has 0 aliphatic heterocycles. The molecule has 0 bridgehead atoms. The lowest BCUT2D eigenvalue weighted by molar-refractivity contribution is -0.141. The highest BCUT2D eigenvalue weighted by atomic mass is 16.4. The molecule has 0 radical (unpaired) electrons. The molecule has 0 spiro atoms. The molecule has 5 atom stereocenters. The molecule has 3 aliphatic rings. The fraction of sp³-hybridized carbons (Fsp3) is 0.350. The number of rotatable bonds is 3. The number of carbonyl (C=O) groups excluding carboxylic acids is 3. The molecule has 10 nitrogen and oxygen atoms in total. The van der Waals surface area contributed by atoms with E-state index in [1.807, 2.05) is 0 Å². The zero-order chi connectivity index (χ0) is 22.7. The first-order valence-corrected chi connectivity index (χ1v) is 9.05. The van der Waals surface area contributed by atoms with E-state index in [0.29, 0.717) is 5.57 Å². The molecule has 160 valence electrons. The molecular formula is C20H22N2O8. The lowest BCUT2D eigenvalue weighted by Crippen LogP contribution is -2.66. The Balaban J connectivity index is 2.42. The maximum Gasteiger partial charge on any atom is 0.255 e. The Morgan fingerprint density at radius 1 is 1.20 bits per heavy atom. The molecule has 3 rings (SSSR count). The van der Waals surface area contributed by atoms with Crippen LogP contribution in [-0.2, 0) is 14.4 Å². The summed E-state index contributed by atoms with van der Waals surface area (Å²) in [6.45, 7) is 4.72. The van der Waals surface area contributed by atoms with Gasteiger partial charge < -0.3 is 37.0 Å². The molecule has 0 aromatic heterocycles. The lowest BCUT2D eigenvalue weighted by Gasteiger charge is -2.50. The summed E-state index contributed by atoms with van der Waals surface area (Å²) in [6.07, 6.45) is 1.10. The zero-order valence-electron chi connectivity index (χ0n) is 16.0. The highest BCUT2D eigenvalue weighted by Gasteiger charge is 2.64. The summed E-state index contributed by atoms with van der Waals surface area (Å²) in [5.74, 6) is -8.81. The third-order valence-corrected chi connectivity index (χ3v) is 5.95. The zero-order valence-corrected chi connectivity index (χ0v) is 16.0. The van der Waals surface area contributed by atoms with Crippen molar-refractivity contribution < 1.29 is 39.9 Å². The van der Waals surface area contributed by atoms with Crippen LogP contribution in [0.25, 0.3) is 0 Å². The van der Waals surface area contributed by atoms with Crippen LogP contribution in [0.3, 0.4) is 0 Å². The van der Waals surface area contributed by atoms with E-state index in [-0.39, 0.29) is 12.0 Å². The maximum absolute atomic E-state index is 12.5. The van der Waals surface area contributed by atoms with E-state index < -0.39 is 75.5 Å². The number of carbonyl (C=O) groups is 3. The van der Waals surface area contributed by atoms with Crippen molar-refractivity contribution in [3.05, 3.63) is 58.3 Å². The Bertz CT molecular complexity index is 1020. The van der Waals surface area contributed by atoms with Gasteiger partial charge in [-0.3, -0.25) is 14.4 Å². The molecule has 10 heteroatoms. The minimum Gasteiger partial charge on any atom is -0.508 e. The maximum atomic E-state index is 12.5. The van der Waals surface area contributed by atoms with Crippen molar-refractivity contribution >= 4 is 17.5 Å². The van der Waals surface area contributed by atoms with Crippen molar-refractivity contribution in [2.24, 2.45) is 23.3 Å². The number of hydrogen-bond acceptors (Lipinski definition) is 9. The summed E-state index contributed by atoms with van der Waals surface area (Å²) in [4.78, 5) is 36.2. The summed E-state index contributed by atoms with van der Waals surface area (Å²) in [5.41, 5.74) is 6.84. The van der Waals surface area contributed by atoms with Gasteiger partial charge in [0, 0.05) is 11.5 Å². The van der Waals surface area contributed by atoms with Crippen LogP contribution in [0.15, 0.2) is 58.3 Å². The standard InChI is InChI=1S/C20H22N2O8/c1-3-4-7-5-8-10(15(25)9(7)6(2)23)17(27)20(30)12(14(8)24)13(21)16(26)11(18(20)28)19(22)29/h3-4,8,12-14,24-25,27-28,30H,1,5,21H2,2H3,(H2,22,29)/b7-4-/t8-,12-,13+,14+,20+/m1/s1. The largest absolute Gasteiger partial charge is 0.508 e. The number of fused-ring (bicyclic) bond motifs is 2. The molecule has 9 N–H and O–H groups in total. The van der Waals surface area contributed by atoms with E-state index in [1.54, 1.807) is 0 Å². The molecule has 0 aromatic rings. The number of nitrogens with two attached hydrogens (primary N) is 2. The van der Waals surface area contributed by atoms with Crippen LogP contribution in [0.5, 0.6) is 0 Å². The smallest absolute Gasteiger partial charge is 0.255 e. The van der Waals surface area contributed by atoms with Crippen LogP contribution in [0.1, 0.15) is 13.3 Å². The summed E-state index contributed by atoms with van der Waals surface area (Å²) >= 11 is 0. The normalized spacial score (nSPS) is 35.3. The molecule has 0 unspecified atom stereocenters. The van der Waals surface area contributed by atoms with E-state index in [4.69, 9.17) is 11.5 Å². The number of primary amides is 1. The third kappa shape index (κ3) is 2.58. The Kier molecular flexibility index (Phi) is 4.97. The number of ketones is 2. The quantitative estimate of drug-likeness (QED) is 0.288. The number of amides is 1. The third-order valence-electron chi connectivity index (χ3n) is 5.95. The SMILES string of the molecule is C=C/C=C1/C[C@@H]2C(=C(O)[C@]3(O)C(O)=C(C(N)=O)C(=O)[C@@H](N)[C@@H]3[C@H]2O)C(O)=C1C(C)=O. The van der Waals surface area contributed by atoms with Gasteiger partial charge in [-0.15, -0.1) is 0 Å². The Morgan fingerprint density at radius 2 is 1.80 bits per heavy atom. The van der Waals surface area contributed by atoms with Gasteiger partial charge in [0.1, 0.15) is 22.9 Å². The monoisotopic (exact) mass is 418 g/mol. The van der Waals surface area contributed by atoms with Gasteiger partial charge in [0.15, 0.2) is 17.2 Å². The number of aliphatic hydroxyl groups excluding tert-OH is 4. The first-order chi connectivity index (χ1) is 13.9. The molecular weight excluding hydrogens is 396 g/mol. The second-order valence-corrected chi connectivity index (χ2v) is 7.54. The lowest BCUT2D eigenvalue weighted by atomic mass is 9.58. The molecule has 0 fully saturated rings. The minimum absolute atomic E-state index is 0.0633. The average Bonchev–Trinajstić information content (AvgIpc) is 2.64. The van der Waals surface area contributed by atoms with Crippen molar-refractivity contribution in [2.75, 3.05) is 0 Å². The van der Waals surface area contributed by atoms with Crippen LogP contribution in [0.4, 0.5) is 0 Å².